The average molecular weight is 481 g/mol. The third-order valence-corrected chi connectivity index (χ3v) is 6.55. The standard InChI is InChI=1S/C27H32N2O6/c1-4-35-21-10-9-20(17-22(21)33-3)24-23(25(30)19-7-5-18(2)6-8-19)26(31)27(32)29(24)12-11-28-13-15-34-16-14-28/h5-10,17,24,30H,4,11-16H2,1-3H3. The molecule has 186 valence electrons. The number of carbonyl (C=O) groups excluding carboxylic acids is 2. The van der Waals surface area contributed by atoms with Crippen LogP contribution in [0.1, 0.15) is 29.7 Å². The van der Waals surface area contributed by atoms with E-state index in [9.17, 15) is 14.7 Å². The van der Waals surface area contributed by atoms with Crippen LogP contribution in [0.3, 0.4) is 0 Å². The molecule has 1 N–H and O–H groups in total. The SMILES string of the molecule is CCOc1ccc(C2C(=C([O-])c3ccc(C)cc3)C(=O)C(=O)N2CC[NH+]2CCOCC2)cc1OC. The highest BCUT2D eigenvalue weighted by Crippen LogP contribution is 2.41. The Hall–Kier alpha value is -3.36. The molecule has 1 amide bonds. The van der Waals surface area contributed by atoms with Crippen molar-refractivity contribution in [3.8, 4) is 11.5 Å². The quantitative estimate of drug-likeness (QED) is 0.337. The summed E-state index contributed by atoms with van der Waals surface area (Å²) in [5.74, 6) is -0.777. The summed E-state index contributed by atoms with van der Waals surface area (Å²) in [5, 5.41) is 13.6. The average Bonchev–Trinajstić information content (AvgIpc) is 3.13. The minimum atomic E-state index is -0.797. The Morgan fingerprint density at radius 1 is 1.11 bits per heavy atom. The number of aryl methyl sites for hydroxylation is 1. The van der Waals surface area contributed by atoms with Crippen molar-refractivity contribution in [3.05, 3.63) is 64.7 Å². The fraction of sp³-hybridized carbons (Fsp3) is 0.407. The molecular formula is C27H32N2O6. The van der Waals surface area contributed by atoms with Crippen LogP contribution in [0.2, 0.25) is 0 Å². The van der Waals surface area contributed by atoms with E-state index in [1.54, 1.807) is 30.3 Å². The first kappa shape index (κ1) is 24.8. The zero-order chi connectivity index (χ0) is 24.9. The summed E-state index contributed by atoms with van der Waals surface area (Å²) in [6, 6.07) is 11.5. The van der Waals surface area contributed by atoms with Gasteiger partial charge in [-0.15, -0.1) is 0 Å². The summed E-state index contributed by atoms with van der Waals surface area (Å²) in [7, 11) is 1.54. The molecule has 1 unspecified atom stereocenters. The number of methoxy groups -OCH3 is 1. The van der Waals surface area contributed by atoms with Crippen molar-refractivity contribution < 1.29 is 33.8 Å². The summed E-state index contributed by atoms with van der Waals surface area (Å²) in [4.78, 5) is 29.3. The van der Waals surface area contributed by atoms with Crippen molar-refractivity contribution >= 4 is 17.4 Å². The molecule has 2 heterocycles. The molecule has 8 heteroatoms. The molecule has 2 aliphatic heterocycles. The van der Waals surface area contributed by atoms with Gasteiger partial charge in [0.2, 0.25) is 5.78 Å². The van der Waals surface area contributed by atoms with Crippen LogP contribution in [0, 0.1) is 6.92 Å². The largest absolute Gasteiger partial charge is 0.872 e. The summed E-state index contributed by atoms with van der Waals surface area (Å²) in [6.07, 6.45) is 0. The van der Waals surface area contributed by atoms with Crippen molar-refractivity contribution in [1.29, 1.82) is 0 Å². The number of carbonyl (C=O) groups is 2. The van der Waals surface area contributed by atoms with Gasteiger partial charge in [-0.1, -0.05) is 41.7 Å². The van der Waals surface area contributed by atoms with E-state index in [0.717, 1.165) is 18.7 Å². The fourth-order valence-corrected chi connectivity index (χ4v) is 4.63. The normalized spacial score (nSPS) is 20.3. The molecule has 2 aromatic carbocycles. The predicted octanol–water partition coefficient (Wildman–Crippen LogP) is 0.541. The number of hydrogen-bond donors (Lipinski definition) is 1. The maximum Gasteiger partial charge on any atom is 0.295 e. The predicted molar refractivity (Wildman–Crippen MR) is 128 cm³/mol. The van der Waals surface area contributed by atoms with E-state index in [-0.39, 0.29) is 5.57 Å². The maximum atomic E-state index is 13.6. The molecular weight excluding hydrogens is 448 g/mol. The lowest BCUT2D eigenvalue weighted by atomic mass is 9.94. The number of ether oxygens (including phenoxy) is 3. The maximum absolute atomic E-state index is 13.6. The Bertz CT molecular complexity index is 1110. The van der Waals surface area contributed by atoms with Crippen LogP contribution in [0.15, 0.2) is 48.0 Å². The van der Waals surface area contributed by atoms with Crippen LogP contribution in [-0.4, -0.2) is 69.7 Å². The summed E-state index contributed by atoms with van der Waals surface area (Å²) < 4.78 is 16.6. The number of nitrogens with zero attached hydrogens (tertiary/aromatic N) is 1. The lowest BCUT2D eigenvalue weighted by Gasteiger charge is -2.30. The van der Waals surface area contributed by atoms with E-state index >= 15 is 0 Å². The van der Waals surface area contributed by atoms with E-state index in [0.29, 0.717) is 55.5 Å². The van der Waals surface area contributed by atoms with E-state index in [2.05, 4.69) is 0 Å². The van der Waals surface area contributed by atoms with Gasteiger partial charge in [-0.05, 0) is 37.1 Å². The van der Waals surface area contributed by atoms with Crippen molar-refractivity contribution in [3.63, 3.8) is 0 Å². The number of hydrogen-bond acceptors (Lipinski definition) is 6. The number of ketones is 1. The van der Waals surface area contributed by atoms with E-state index in [1.165, 1.54) is 16.9 Å². The van der Waals surface area contributed by atoms with Crippen LogP contribution < -0.4 is 19.5 Å². The summed E-state index contributed by atoms with van der Waals surface area (Å²) in [5.41, 5.74) is 2.00. The molecule has 2 saturated heterocycles. The van der Waals surface area contributed by atoms with Gasteiger partial charge in [0.1, 0.15) is 13.1 Å². The number of quaternary nitrogens is 1. The van der Waals surface area contributed by atoms with Gasteiger partial charge in [0.05, 0.1) is 46.1 Å². The van der Waals surface area contributed by atoms with Gasteiger partial charge in [0, 0.05) is 5.57 Å². The first-order valence-electron chi connectivity index (χ1n) is 12.0. The number of amides is 1. The molecule has 0 bridgehead atoms. The molecule has 2 aromatic rings. The van der Waals surface area contributed by atoms with Crippen molar-refractivity contribution in [2.75, 3.05) is 53.1 Å². The first-order chi connectivity index (χ1) is 16.9. The zero-order valence-corrected chi connectivity index (χ0v) is 20.5. The molecule has 8 nitrogen and oxygen atoms in total. The fourth-order valence-electron chi connectivity index (χ4n) is 4.63. The molecule has 0 saturated carbocycles. The minimum Gasteiger partial charge on any atom is -0.872 e. The van der Waals surface area contributed by atoms with Gasteiger partial charge < -0.3 is 29.1 Å². The second-order valence-corrected chi connectivity index (χ2v) is 8.79. The van der Waals surface area contributed by atoms with Gasteiger partial charge in [-0.25, -0.2) is 0 Å². The summed E-state index contributed by atoms with van der Waals surface area (Å²) in [6.45, 7) is 8.32. The Labute approximate surface area is 205 Å². The molecule has 0 aliphatic carbocycles. The number of benzene rings is 2. The number of morpholine rings is 1. The monoisotopic (exact) mass is 480 g/mol. The molecule has 0 radical (unpaired) electrons. The van der Waals surface area contributed by atoms with Gasteiger partial charge in [-0.3, -0.25) is 9.59 Å². The highest BCUT2D eigenvalue weighted by Gasteiger charge is 2.44. The molecule has 35 heavy (non-hydrogen) atoms. The number of Topliss-reactive ketones (excluding diaryl/α,β-unsaturated/α-hetero) is 1. The molecule has 0 spiro atoms. The number of rotatable bonds is 8. The Kier molecular flexibility index (Phi) is 7.73. The second kappa shape index (κ2) is 10.9. The van der Waals surface area contributed by atoms with Gasteiger partial charge in [0.15, 0.2) is 11.5 Å². The van der Waals surface area contributed by atoms with Crippen LogP contribution >= 0.6 is 0 Å². The van der Waals surface area contributed by atoms with Crippen molar-refractivity contribution in [2.24, 2.45) is 0 Å². The zero-order valence-electron chi connectivity index (χ0n) is 20.5. The third kappa shape index (κ3) is 5.18. The highest BCUT2D eigenvalue weighted by atomic mass is 16.5. The Morgan fingerprint density at radius 3 is 2.49 bits per heavy atom. The van der Waals surface area contributed by atoms with Crippen LogP contribution in [0.5, 0.6) is 11.5 Å². The molecule has 0 aromatic heterocycles. The summed E-state index contributed by atoms with van der Waals surface area (Å²) >= 11 is 0. The van der Waals surface area contributed by atoms with Crippen LogP contribution in [-0.2, 0) is 14.3 Å². The molecule has 2 fully saturated rings. The van der Waals surface area contributed by atoms with E-state index in [4.69, 9.17) is 14.2 Å². The third-order valence-electron chi connectivity index (χ3n) is 6.55. The van der Waals surface area contributed by atoms with Crippen LogP contribution in [0.25, 0.3) is 5.76 Å². The van der Waals surface area contributed by atoms with Gasteiger partial charge in [0.25, 0.3) is 5.91 Å². The molecule has 4 rings (SSSR count). The van der Waals surface area contributed by atoms with Gasteiger partial charge >= 0.3 is 0 Å². The first-order valence-corrected chi connectivity index (χ1v) is 12.0. The lowest BCUT2D eigenvalue weighted by Crippen LogP contribution is -3.14. The van der Waals surface area contributed by atoms with Crippen molar-refractivity contribution in [1.82, 2.24) is 4.90 Å². The molecule has 2 aliphatic rings. The van der Waals surface area contributed by atoms with E-state index in [1.807, 2.05) is 26.0 Å². The highest BCUT2D eigenvalue weighted by molar-refractivity contribution is 6.46. The van der Waals surface area contributed by atoms with Gasteiger partial charge in [-0.2, -0.15) is 0 Å². The number of nitrogens with one attached hydrogen (secondary N) is 1. The lowest BCUT2D eigenvalue weighted by molar-refractivity contribution is -0.907. The number of likely N-dealkylation sites (tertiary alicyclic amines) is 1. The van der Waals surface area contributed by atoms with Crippen LogP contribution in [0.4, 0.5) is 0 Å². The smallest absolute Gasteiger partial charge is 0.295 e. The molecule has 1 atom stereocenters. The topological polar surface area (TPSA) is 92.6 Å². The Morgan fingerprint density at radius 2 is 1.83 bits per heavy atom. The second-order valence-electron chi connectivity index (χ2n) is 8.79. The Balaban J connectivity index is 1.77. The van der Waals surface area contributed by atoms with Crippen molar-refractivity contribution in [2.45, 2.75) is 19.9 Å². The van der Waals surface area contributed by atoms with E-state index < -0.39 is 23.5 Å². The minimum absolute atomic E-state index is 0.0259.